The van der Waals surface area contributed by atoms with E-state index in [1.54, 1.807) is 0 Å². The summed E-state index contributed by atoms with van der Waals surface area (Å²) in [6.45, 7) is 4.50. The summed E-state index contributed by atoms with van der Waals surface area (Å²) in [6, 6.07) is 6.15. The summed E-state index contributed by atoms with van der Waals surface area (Å²) in [4.78, 5) is 0. The van der Waals surface area contributed by atoms with Gasteiger partial charge in [0.05, 0.1) is 0 Å². The Hall–Kier alpha value is 0.470. The highest BCUT2D eigenvalue weighted by molar-refractivity contribution is 9.10. The Labute approximate surface area is 120 Å². The van der Waals surface area contributed by atoms with Crippen LogP contribution in [0.3, 0.4) is 0 Å². The third-order valence-corrected chi connectivity index (χ3v) is 5.40. The topological polar surface area (TPSA) is 0 Å². The van der Waals surface area contributed by atoms with Crippen molar-refractivity contribution < 1.29 is 0 Å². The van der Waals surface area contributed by atoms with Gasteiger partial charge in [-0.25, -0.2) is 0 Å². The zero-order valence-corrected chi connectivity index (χ0v) is 13.6. The summed E-state index contributed by atoms with van der Waals surface area (Å²) in [5.41, 5.74) is 1.57. The van der Waals surface area contributed by atoms with E-state index < -0.39 is 0 Å². The molecule has 1 rings (SSSR count). The zero-order valence-electron chi connectivity index (χ0n) is 9.69. The van der Waals surface area contributed by atoms with Crippen molar-refractivity contribution in [3.8, 4) is 0 Å². The predicted molar refractivity (Wildman–Crippen MR) is 79.7 cm³/mol. The Bertz CT molecular complexity index is 338. The monoisotopic (exact) mass is 366 g/mol. The lowest BCUT2D eigenvalue weighted by molar-refractivity contribution is 0.307. The van der Waals surface area contributed by atoms with Crippen molar-refractivity contribution in [1.82, 2.24) is 0 Å². The lowest BCUT2D eigenvalue weighted by Crippen LogP contribution is -2.24. The van der Waals surface area contributed by atoms with Crippen LogP contribution in [-0.4, -0.2) is 5.33 Å². The van der Waals surface area contributed by atoms with Crippen LogP contribution in [0.4, 0.5) is 0 Å². The number of benzene rings is 1. The number of halogens is 3. The van der Waals surface area contributed by atoms with Crippen LogP contribution in [0.25, 0.3) is 0 Å². The molecule has 0 unspecified atom stereocenters. The molecule has 0 atom stereocenters. The van der Waals surface area contributed by atoms with Crippen molar-refractivity contribution in [2.75, 3.05) is 5.33 Å². The number of hydrogen-bond acceptors (Lipinski definition) is 0. The molecule has 3 heteroatoms. The minimum Gasteiger partial charge on any atom is -0.0922 e. The van der Waals surface area contributed by atoms with Crippen LogP contribution in [-0.2, 0) is 6.42 Å². The largest absolute Gasteiger partial charge is 0.0922 e. The standard InChI is InChI=1S/C13H17Br2Cl/c1-3-13(4-2,9-14)8-10-5-6-11(15)7-12(10)16/h5-7H,3-4,8-9H2,1-2H3. The van der Waals surface area contributed by atoms with Gasteiger partial charge in [0.25, 0.3) is 0 Å². The maximum Gasteiger partial charge on any atom is 0.0449 e. The van der Waals surface area contributed by atoms with Crippen molar-refractivity contribution in [2.24, 2.45) is 5.41 Å². The van der Waals surface area contributed by atoms with E-state index in [1.165, 1.54) is 18.4 Å². The van der Waals surface area contributed by atoms with E-state index in [1.807, 2.05) is 6.07 Å². The number of rotatable bonds is 5. The van der Waals surface area contributed by atoms with E-state index in [4.69, 9.17) is 11.6 Å². The predicted octanol–water partition coefficient (Wildman–Crippen LogP) is 5.85. The first-order valence-corrected chi connectivity index (χ1v) is 7.86. The summed E-state index contributed by atoms with van der Waals surface area (Å²) in [7, 11) is 0. The van der Waals surface area contributed by atoms with Crippen LogP contribution >= 0.6 is 43.5 Å². The Balaban J connectivity index is 2.93. The van der Waals surface area contributed by atoms with Crippen LogP contribution in [0, 0.1) is 5.41 Å². The first-order chi connectivity index (χ1) is 7.56. The van der Waals surface area contributed by atoms with Crippen molar-refractivity contribution in [2.45, 2.75) is 33.1 Å². The van der Waals surface area contributed by atoms with Crippen molar-refractivity contribution in [3.05, 3.63) is 33.3 Å². The van der Waals surface area contributed by atoms with Gasteiger partial charge in [-0.05, 0) is 42.4 Å². The van der Waals surface area contributed by atoms with Gasteiger partial charge in [-0.3, -0.25) is 0 Å². The average Bonchev–Trinajstić information content (AvgIpc) is 2.29. The maximum absolute atomic E-state index is 6.26. The van der Waals surface area contributed by atoms with Crippen LogP contribution in [0.2, 0.25) is 5.02 Å². The van der Waals surface area contributed by atoms with Gasteiger partial charge in [-0.15, -0.1) is 0 Å². The van der Waals surface area contributed by atoms with Gasteiger partial charge in [0.15, 0.2) is 0 Å². The average molecular weight is 369 g/mol. The summed E-state index contributed by atoms with van der Waals surface area (Å²) in [6.07, 6.45) is 3.37. The van der Waals surface area contributed by atoms with Crippen LogP contribution in [0.5, 0.6) is 0 Å². The Morgan fingerprint density at radius 2 is 1.88 bits per heavy atom. The quantitative estimate of drug-likeness (QED) is 0.572. The molecule has 0 saturated heterocycles. The van der Waals surface area contributed by atoms with Gasteiger partial charge in [-0.2, -0.15) is 0 Å². The first-order valence-electron chi connectivity index (χ1n) is 5.57. The molecule has 0 nitrogen and oxygen atoms in total. The summed E-state index contributed by atoms with van der Waals surface area (Å²) < 4.78 is 1.04. The highest BCUT2D eigenvalue weighted by Gasteiger charge is 2.25. The van der Waals surface area contributed by atoms with E-state index in [-0.39, 0.29) is 0 Å². The second-order valence-electron chi connectivity index (χ2n) is 4.25. The molecule has 0 heterocycles. The third-order valence-electron chi connectivity index (χ3n) is 3.36. The molecular weight excluding hydrogens is 351 g/mol. The van der Waals surface area contributed by atoms with Gasteiger partial charge < -0.3 is 0 Å². The third kappa shape index (κ3) is 3.48. The number of hydrogen-bond donors (Lipinski definition) is 0. The molecule has 0 spiro atoms. The molecule has 0 aromatic heterocycles. The smallest absolute Gasteiger partial charge is 0.0449 e. The van der Waals surface area contributed by atoms with E-state index in [0.717, 1.165) is 21.2 Å². The van der Waals surface area contributed by atoms with E-state index >= 15 is 0 Å². The lowest BCUT2D eigenvalue weighted by atomic mass is 9.79. The van der Waals surface area contributed by atoms with Crippen molar-refractivity contribution in [1.29, 1.82) is 0 Å². The van der Waals surface area contributed by atoms with Crippen LogP contribution in [0.1, 0.15) is 32.3 Å². The highest BCUT2D eigenvalue weighted by atomic mass is 79.9. The Morgan fingerprint density at radius 1 is 1.25 bits per heavy atom. The summed E-state index contributed by atoms with van der Waals surface area (Å²) >= 11 is 13.3. The molecule has 0 aliphatic rings. The molecular formula is C13H17Br2Cl. The highest BCUT2D eigenvalue weighted by Crippen LogP contribution is 2.35. The van der Waals surface area contributed by atoms with Crippen LogP contribution in [0.15, 0.2) is 22.7 Å². The minimum atomic E-state index is 0.331. The normalized spacial score (nSPS) is 11.8. The molecule has 16 heavy (non-hydrogen) atoms. The summed E-state index contributed by atoms with van der Waals surface area (Å²) in [5.74, 6) is 0. The molecule has 0 aliphatic carbocycles. The molecule has 0 radical (unpaired) electrons. The fraction of sp³-hybridized carbons (Fsp3) is 0.538. The Morgan fingerprint density at radius 3 is 2.31 bits per heavy atom. The zero-order chi connectivity index (χ0) is 12.2. The van der Waals surface area contributed by atoms with E-state index in [0.29, 0.717) is 5.41 Å². The molecule has 1 aromatic carbocycles. The fourth-order valence-electron chi connectivity index (χ4n) is 1.81. The minimum absolute atomic E-state index is 0.331. The molecule has 0 saturated carbocycles. The summed E-state index contributed by atoms with van der Waals surface area (Å²) in [5, 5.41) is 1.89. The maximum atomic E-state index is 6.26. The van der Waals surface area contributed by atoms with E-state index in [9.17, 15) is 0 Å². The van der Waals surface area contributed by atoms with Gasteiger partial charge in [0, 0.05) is 14.8 Å². The molecule has 90 valence electrons. The van der Waals surface area contributed by atoms with Gasteiger partial charge in [0.1, 0.15) is 0 Å². The molecule has 0 aliphatic heterocycles. The second-order valence-corrected chi connectivity index (χ2v) is 6.14. The first kappa shape index (κ1) is 14.5. The lowest BCUT2D eigenvalue weighted by Gasteiger charge is -2.30. The van der Waals surface area contributed by atoms with Crippen molar-refractivity contribution in [3.63, 3.8) is 0 Å². The molecule has 0 fully saturated rings. The van der Waals surface area contributed by atoms with Gasteiger partial charge >= 0.3 is 0 Å². The fourth-order valence-corrected chi connectivity index (χ4v) is 3.54. The van der Waals surface area contributed by atoms with Gasteiger partial charge in [0.2, 0.25) is 0 Å². The molecule has 0 bridgehead atoms. The Kier molecular flexibility index (Phi) is 5.83. The van der Waals surface area contributed by atoms with Crippen molar-refractivity contribution >= 4 is 43.5 Å². The molecule has 0 N–H and O–H groups in total. The van der Waals surface area contributed by atoms with Gasteiger partial charge in [-0.1, -0.05) is 63.4 Å². The molecule has 1 aromatic rings. The van der Waals surface area contributed by atoms with Crippen LogP contribution < -0.4 is 0 Å². The van der Waals surface area contributed by atoms with E-state index in [2.05, 4.69) is 57.8 Å². The second kappa shape index (κ2) is 6.42. The SMILES string of the molecule is CCC(CC)(CBr)Cc1ccc(Br)cc1Cl. The number of alkyl halides is 1. The molecule has 0 amide bonds.